The number of morpholine rings is 1. The SMILES string of the molecule is COc1ccc([C@@H]2[C@@H](CO)OCCN2Cc2ccc(CCN)cc2)cc1OC. The molecule has 28 heavy (non-hydrogen) atoms. The molecule has 6 nitrogen and oxygen atoms in total. The zero-order chi connectivity index (χ0) is 19.9. The highest BCUT2D eigenvalue weighted by molar-refractivity contribution is 5.44. The van der Waals surface area contributed by atoms with E-state index in [9.17, 15) is 5.11 Å². The summed E-state index contributed by atoms with van der Waals surface area (Å²) in [5, 5.41) is 9.91. The fraction of sp³-hybridized carbons (Fsp3) is 0.455. The molecule has 2 atom stereocenters. The molecule has 0 saturated carbocycles. The van der Waals surface area contributed by atoms with Gasteiger partial charge in [-0.3, -0.25) is 4.90 Å². The molecule has 3 N–H and O–H groups in total. The highest BCUT2D eigenvalue weighted by Gasteiger charge is 2.33. The van der Waals surface area contributed by atoms with E-state index in [-0.39, 0.29) is 18.8 Å². The van der Waals surface area contributed by atoms with Gasteiger partial charge >= 0.3 is 0 Å². The Morgan fingerprint density at radius 1 is 1.07 bits per heavy atom. The number of methoxy groups -OCH3 is 2. The number of aliphatic hydroxyl groups is 1. The first kappa shape index (κ1) is 20.6. The molecule has 0 amide bonds. The molecular formula is C22H30N2O4. The minimum Gasteiger partial charge on any atom is -0.493 e. The fourth-order valence-electron chi connectivity index (χ4n) is 3.79. The summed E-state index contributed by atoms with van der Waals surface area (Å²) < 4.78 is 16.7. The molecule has 0 radical (unpaired) electrons. The molecular weight excluding hydrogens is 356 g/mol. The molecule has 3 rings (SSSR count). The second-order valence-electron chi connectivity index (χ2n) is 6.98. The van der Waals surface area contributed by atoms with E-state index in [0.29, 0.717) is 24.7 Å². The first-order valence-corrected chi connectivity index (χ1v) is 9.66. The van der Waals surface area contributed by atoms with E-state index in [1.165, 1.54) is 11.1 Å². The van der Waals surface area contributed by atoms with Gasteiger partial charge in [-0.1, -0.05) is 30.3 Å². The third-order valence-corrected chi connectivity index (χ3v) is 5.23. The lowest BCUT2D eigenvalue weighted by molar-refractivity contribution is -0.0961. The molecule has 1 heterocycles. The summed E-state index contributed by atoms with van der Waals surface area (Å²) in [6.07, 6.45) is 0.599. The normalized spacial score (nSPS) is 20.1. The smallest absolute Gasteiger partial charge is 0.161 e. The number of ether oxygens (including phenoxy) is 3. The van der Waals surface area contributed by atoms with E-state index in [1.807, 2.05) is 18.2 Å². The molecule has 1 saturated heterocycles. The first-order valence-electron chi connectivity index (χ1n) is 9.66. The van der Waals surface area contributed by atoms with E-state index in [1.54, 1.807) is 14.2 Å². The summed E-state index contributed by atoms with van der Waals surface area (Å²) in [5.41, 5.74) is 9.15. The van der Waals surface area contributed by atoms with Crippen molar-refractivity contribution in [3.05, 3.63) is 59.2 Å². The Morgan fingerprint density at radius 3 is 2.43 bits per heavy atom. The number of rotatable bonds is 8. The van der Waals surface area contributed by atoms with E-state index in [2.05, 4.69) is 29.2 Å². The van der Waals surface area contributed by atoms with Crippen molar-refractivity contribution in [1.82, 2.24) is 4.90 Å². The maximum Gasteiger partial charge on any atom is 0.161 e. The highest BCUT2D eigenvalue weighted by atomic mass is 16.5. The van der Waals surface area contributed by atoms with Crippen LogP contribution in [0.15, 0.2) is 42.5 Å². The maximum atomic E-state index is 9.91. The first-order chi connectivity index (χ1) is 13.7. The summed E-state index contributed by atoms with van der Waals surface area (Å²) in [7, 11) is 3.25. The minimum absolute atomic E-state index is 0.0368. The summed E-state index contributed by atoms with van der Waals surface area (Å²) in [6, 6.07) is 14.4. The van der Waals surface area contributed by atoms with E-state index >= 15 is 0 Å². The van der Waals surface area contributed by atoms with Crippen molar-refractivity contribution in [2.45, 2.75) is 25.1 Å². The molecule has 2 aromatic rings. The third-order valence-electron chi connectivity index (χ3n) is 5.23. The van der Waals surface area contributed by atoms with Crippen molar-refractivity contribution < 1.29 is 19.3 Å². The van der Waals surface area contributed by atoms with Gasteiger partial charge in [0.15, 0.2) is 11.5 Å². The van der Waals surface area contributed by atoms with Crippen molar-refractivity contribution in [2.24, 2.45) is 5.73 Å². The monoisotopic (exact) mass is 386 g/mol. The highest BCUT2D eigenvalue weighted by Crippen LogP contribution is 2.36. The van der Waals surface area contributed by atoms with Crippen molar-refractivity contribution in [2.75, 3.05) is 40.5 Å². The fourth-order valence-corrected chi connectivity index (χ4v) is 3.79. The number of hydrogen-bond acceptors (Lipinski definition) is 6. The quantitative estimate of drug-likeness (QED) is 0.724. The zero-order valence-electron chi connectivity index (χ0n) is 16.6. The molecule has 1 aliphatic heterocycles. The van der Waals surface area contributed by atoms with Gasteiger partial charge in [0.25, 0.3) is 0 Å². The minimum atomic E-state index is -0.289. The van der Waals surface area contributed by atoms with Gasteiger partial charge in [-0.15, -0.1) is 0 Å². The predicted molar refractivity (Wildman–Crippen MR) is 109 cm³/mol. The molecule has 0 unspecified atom stereocenters. The molecule has 6 heteroatoms. The number of benzene rings is 2. The summed E-state index contributed by atoms with van der Waals surface area (Å²) in [4.78, 5) is 2.35. The molecule has 0 aromatic heterocycles. The lowest BCUT2D eigenvalue weighted by Crippen LogP contribution is -2.46. The van der Waals surface area contributed by atoms with Crippen molar-refractivity contribution in [1.29, 1.82) is 0 Å². The molecule has 1 fully saturated rings. The van der Waals surface area contributed by atoms with Crippen LogP contribution in [0.4, 0.5) is 0 Å². The van der Waals surface area contributed by atoms with Crippen LogP contribution in [0.3, 0.4) is 0 Å². The van der Waals surface area contributed by atoms with E-state index in [0.717, 1.165) is 25.1 Å². The molecule has 0 bridgehead atoms. The van der Waals surface area contributed by atoms with Gasteiger partial charge in [-0.05, 0) is 41.8 Å². The van der Waals surface area contributed by atoms with Gasteiger partial charge in [-0.2, -0.15) is 0 Å². The van der Waals surface area contributed by atoms with Crippen molar-refractivity contribution >= 4 is 0 Å². The predicted octanol–water partition coefficient (Wildman–Crippen LogP) is 2.14. The number of nitrogens with zero attached hydrogens (tertiary/aromatic N) is 1. The van der Waals surface area contributed by atoms with Gasteiger partial charge in [0.05, 0.1) is 33.5 Å². The van der Waals surface area contributed by atoms with Crippen LogP contribution in [-0.4, -0.2) is 56.6 Å². The van der Waals surface area contributed by atoms with Crippen LogP contribution in [0, 0.1) is 0 Å². The Morgan fingerprint density at radius 2 is 1.79 bits per heavy atom. The standard InChI is InChI=1S/C22H30N2O4/c1-26-19-8-7-18(13-20(19)27-2)22-21(15-25)28-12-11-24(22)14-17-5-3-16(4-6-17)9-10-23/h3-8,13,21-22,25H,9-12,14-15,23H2,1-2H3/t21-,22-/m1/s1. The van der Waals surface area contributed by atoms with Crippen LogP contribution >= 0.6 is 0 Å². The van der Waals surface area contributed by atoms with Crippen LogP contribution in [0.2, 0.25) is 0 Å². The Kier molecular flexibility index (Phi) is 7.28. The average molecular weight is 386 g/mol. The summed E-state index contributed by atoms with van der Waals surface area (Å²) in [6.45, 7) is 2.79. The van der Waals surface area contributed by atoms with Gasteiger partial charge < -0.3 is 25.1 Å². The van der Waals surface area contributed by atoms with Gasteiger partial charge in [0.2, 0.25) is 0 Å². The Labute approximate surface area is 166 Å². The topological polar surface area (TPSA) is 77.2 Å². The van der Waals surface area contributed by atoms with Crippen LogP contribution < -0.4 is 15.2 Å². The largest absolute Gasteiger partial charge is 0.493 e. The van der Waals surface area contributed by atoms with Crippen LogP contribution in [0.5, 0.6) is 11.5 Å². The Bertz CT molecular complexity index is 751. The lowest BCUT2D eigenvalue weighted by Gasteiger charge is -2.41. The van der Waals surface area contributed by atoms with Gasteiger partial charge in [0.1, 0.15) is 6.10 Å². The van der Waals surface area contributed by atoms with Crippen LogP contribution in [0.1, 0.15) is 22.7 Å². The summed E-state index contributed by atoms with van der Waals surface area (Å²) in [5.74, 6) is 1.36. The molecule has 1 aliphatic rings. The maximum absolute atomic E-state index is 9.91. The molecule has 2 aromatic carbocycles. The average Bonchev–Trinajstić information content (AvgIpc) is 2.74. The summed E-state index contributed by atoms with van der Waals surface area (Å²) >= 11 is 0. The molecule has 152 valence electrons. The van der Waals surface area contributed by atoms with Crippen LogP contribution in [-0.2, 0) is 17.7 Å². The van der Waals surface area contributed by atoms with Crippen LogP contribution in [0.25, 0.3) is 0 Å². The molecule has 0 spiro atoms. The second-order valence-corrected chi connectivity index (χ2v) is 6.98. The zero-order valence-corrected chi connectivity index (χ0v) is 16.6. The third kappa shape index (κ3) is 4.64. The Hall–Kier alpha value is -2.12. The molecule has 0 aliphatic carbocycles. The van der Waals surface area contributed by atoms with Crippen molar-refractivity contribution in [3.8, 4) is 11.5 Å². The number of nitrogens with two attached hydrogens (primary N) is 1. The Balaban J connectivity index is 1.86. The number of hydrogen-bond donors (Lipinski definition) is 2. The van der Waals surface area contributed by atoms with Gasteiger partial charge in [-0.25, -0.2) is 0 Å². The van der Waals surface area contributed by atoms with Crippen molar-refractivity contribution in [3.63, 3.8) is 0 Å². The van der Waals surface area contributed by atoms with E-state index < -0.39 is 0 Å². The second kappa shape index (κ2) is 9.89. The van der Waals surface area contributed by atoms with Gasteiger partial charge in [0, 0.05) is 13.1 Å². The van der Waals surface area contributed by atoms with E-state index in [4.69, 9.17) is 19.9 Å². The lowest BCUT2D eigenvalue weighted by atomic mass is 9.97. The number of aliphatic hydroxyl groups excluding tert-OH is 1.